The van der Waals surface area contributed by atoms with Crippen molar-refractivity contribution in [3.63, 3.8) is 0 Å². The van der Waals surface area contributed by atoms with Crippen LogP contribution in [0.4, 0.5) is 0 Å². The molecule has 0 spiro atoms. The Hall–Kier alpha value is -0.820. The van der Waals surface area contributed by atoms with E-state index in [1.54, 1.807) is 5.56 Å². The molecule has 0 aromatic heterocycles. The van der Waals surface area contributed by atoms with Crippen molar-refractivity contribution in [3.8, 4) is 0 Å². The molecule has 0 heterocycles. The molecule has 1 heteroatoms. The lowest BCUT2D eigenvalue weighted by atomic mass is 9.69. The average Bonchev–Trinajstić information content (AvgIpc) is 3.30. The molecule has 0 atom stereocenters. The quantitative estimate of drug-likeness (QED) is 0.826. The Labute approximate surface area is 130 Å². The van der Waals surface area contributed by atoms with Gasteiger partial charge in [0.25, 0.3) is 0 Å². The highest BCUT2D eigenvalue weighted by atomic mass is 15.0. The number of rotatable bonds is 4. The van der Waals surface area contributed by atoms with Crippen LogP contribution in [0.3, 0.4) is 0 Å². The zero-order chi connectivity index (χ0) is 14.9. The van der Waals surface area contributed by atoms with Gasteiger partial charge in [-0.05, 0) is 42.2 Å². The van der Waals surface area contributed by atoms with Crippen molar-refractivity contribution in [1.29, 1.82) is 0 Å². The summed E-state index contributed by atoms with van der Waals surface area (Å²) in [5.41, 5.74) is 3.68. The lowest BCUT2D eigenvalue weighted by molar-refractivity contribution is 0.279. The van der Waals surface area contributed by atoms with Crippen molar-refractivity contribution < 1.29 is 0 Å². The highest BCUT2D eigenvalue weighted by Crippen LogP contribution is 2.40. The maximum absolute atomic E-state index is 3.81. The summed E-state index contributed by atoms with van der Waals surface area (Å²) in [4.78, 5) is 0. The van der Waals surface area contributed by atoms with Crippen LogP contribution in [0.5, 0.6) is 0 Å². The fourth-order valence-corrected chi connectivity index (χ4v) is 3.75. The Morgan fingerprint density at radius 1 is 1.00 bits per heavy atom. The normalized spacial score (nSPS) is 22.2. The first kappa shape index (κ1) is 15.1. The smallest absolute Gasteiger partial charge is 0.00778 e. The monoisotopic (exact) mass is 285 g/mol. The first-order valence-corrected chi connectivity index (χ1v) is 8.84. The van der Waals surface area contributed by atoms with E-state index in [0.29, 0.717) is 5.41 Å². The molecule has 0 unspecified atom stereocenters. The van der Waals surface area contributed by atoms with Crippen LogP contribution in [-0.2, 0) is 10.8 Å². The second kappa shape index (κ2) is 5.76. The Bertz CT molecular complexity index is 456. The minimum absolute atomic E-state index is 0.254. The van der Waals surface area contributed by atoms with Crippen LogP contribution >= 0.6 is 0 Å². The Morgan fingerprint density at radius 3 is 2.14 bits per heavy atom. The predicted octanol–water partition coefficient (Wildman–Crippen LogP) is 4.94. The zero-order valence-corrected chi connectivity index (χ0v) is 14.0. The van der Waals surface area contributed by atoms with Gasteiger partial charge in [0, 0.05) is 18.0 Å². The van der Waals surface area contributed by atoms with E-state index in [2.05, 4.69) is 50.4 Å². The van der Waals surface area contributed by atoms with E-state index in [0.717, 1.165) is 6.04 Å². The molecule has 0 bridgehead atoms. The van der Waals surface area contributed by atoms with E-state index >= 15 is 0 Å². The van der Waals surface area contributed by atoms with Gasteiger partial charge in [-0.15, -0.1) is 0 Å². The van der Waals surface area contributed by atoms with Crippen molar-refractivity contribution >= 4 is 0 Å². The molecule has 2 aliphatic carbocycles. The molecule has 1 N–H and O–H groups in total. The second-order valence-electron chi connectivity index (χ2n) is 8.32. The third kappa shape index (κ3) is 3.51. The number of hydrogen-bond acceptors (Lipinski definition) is 1. The lowest BCUT2D eigenvalue weighted by Crippen LogP contribution is -2.40. The van der Waals surface area contributed by atoms with Crippen molar-refractivity contribution in [2.45, 2.75) is 82.6 Å². The van der Waals surface area contributed by atoms with Gasteiger partial charge in [0.1, 0.15) is 0 Å². The molecule has 1 aromatic carbocycles. The van der Waals surface area contributed by atoms with Gasteiger partial charge in [-0.1, -0.05) is 64.3 Å². The number of hydrogen-bond donors (Lipinski definition) is 1. The van der Waals surface area contributed by atoms with E-state index in [9.17, 15) is 0 Å². The summed E-state index contributed by atoms with van der Waals surface area (Å²) in [6, 6.07) is 10.4. The molecule has 1 nitrogen and oxygen atoms in total. The second-order valence-corrected chi connectivity index (χ2v) is 8.32. The van der Waals surface area contributed by atoms with Crippen LogP contribution < -0.4 is 5.32 Å². The van der Waals surface area contributed by atoms with Gasteiger partial charge in [0.15, 0.2) is 0 Å². The predicted molar refractivity (Wildman–Crippen MR) is 90.9 cm³/mol. The molecule has 1 aromatic rings. The Kier molecular flexibility index (Phi) is 4.14. The van der Waals surface area contributed by atoms with Crippen LogP contribution in [0.25, 0.3) is 0 Å². The van der Waals surface area contributed by atoms with Crippen molar-refractivity contribution in [2.24, 2.45) is 0 Å². The largest absolute Gasteiger partial charge is 0.313 e. The average molecular weight is 285 g/mol. The summed E-state index contributed by atoms with van der Waals surface area (Å²) in [6.07, 6.45) is 9.72. The van der Waals surface area contributed by atoms with Crippen molar-refractivity contribution in [1.82, 2.24) is 5.32 Å². The lowest BCUT2D eigenvalue weighted by Gasteiger charge is -2.38. The summed E-state index contributed by atoms with van der Waals surface area (Å²) in [5, 5.41) is 3.81. The van der Waals surface area contributed by atoms with Crippen LogP contribution in [0.2, 0.25) is 0 Å². The fraction of sp³-hybridized carbons (Fsp3) is 0.700. The molecule has 2 fully saturated rings. The molecule has 21 heavy (non-hydrogen) atoms. The van der Waals surface area contributed by atoms with E-state index in [4.69, 9.17) is 0 Å². The van der Waals surface area contributed by atoms with Gasteiger partial charge in [-0.25, -0.2) is 0 Å². The molecule has 0 aliphatic heterocycles. The summed E-state index contributed by atoms with van der Waals surface area (Å²) >= 11 is 0. The van der Waals surface area contributed by atoms with Crippen LogP contribution in [0, 0.1) is 0 Å². The Balaban J connectivity index is 1.81. The third-order valence-corrected chi connectivity index (χ3v) is 5.48. The van der Waals surface area contributed by atoms with E-state index in [-0.39, 0.29) is 5.41 Å². The fourth-order valence-electron chi connectivity index (χ4n) is 3.75. The molecular weight excluding hydrogens is 254 g/mol. The van der Waals surface area contributed by atoms with Gasteiger partial charge in [0.2, 0.25) is 0 Å². The molecule has 0 amide bonds. The standard InChI is InChI=1S/C20H31N/c1-19(2,3)16-7-9-17(10-8-16)20(13-5-4-6-14-20)15-21-18-11-12-18/h7-10,18,21H,4-6,11-15H2,1-3H3. The van der Waals surface area contributed by atoms with Gasteiger partial charge >= 0.3 is 0 Å². The maximum atomic E-state index is 3.81. The summed E-state index contributed by atoms with van der Waals surface area (Å²) < 4.78 is 0. The van der Waals surface area contributed by atoms with E-state index in [1.807, 2.05) is 0 Å². The number of nitrogens with one attached hydrogen (secondary N) is 1. The summed E-state index contributed by atoms with van der Waals surface area (Å²) in [6.45, 7) is 8.08. The van der Waals surface area contributed by atoms with Crippen molar-refractivity contribution in [3.05, 3.63) is 35.4 Å². The van der Waals surface area contributed by atoms with Gasteiger partial charge in [-0.2, -0.15) is 0 Å². The van der Waals surface area contributed by atoms with Crippen LogP contribution in [0.1, 0.15) is 76.8 Å². The molecule has 3 rings (SSSR count). The Morgan fingerprint density at radius 2 is 1.62 bits per heavy atom. The third-order valence-electron chi connectivity index (χ3n) is 5.48. The zero-order valence-electron chi connectivity index (χ0n) is 14.0. The van der Waals surface area contributed by atoms with E-state index in [1.165, 1.54) is 57.1 Å². The van der Waals surface area contributed by atoms with Gasteiger partial charge in [-0.3, -0.25) is 0 Å². The van der Waals surface area contributed by atoms with Crippen LogP contribution in [0.15, 0.2) is 24.3 Å². The number of benzene rings is 1. The topological polar surface area (TPSA) is 12.0 Å². The molecule has 2 aliphatic rings. The minimum Gasteiger partial charge on any atom is -0.313 e. The molecule has 116 valence electrons. The summed E-state index contributed by atoms with van der Waals surface area (Å²) in [7, 11) is 0. The van der Waals surface area contributed by atoms with Gasteiger partial charge in [0.05, 0.1) is 0 Å². The van der Waals surface area contributed by atoms with Crippen LogP contribution in [-0.4, -0.2) is 12.6 Å². The van der Waals surface area contributed by atoms with E-state index < -0.39 is 0 Å². The first-order chi connectivity index (χ1) is 10.00. The highest BCUT2D eigenvalue weighted by Gasteiger charge is 2.35. The maximum Gasteiger partial charge on any atom is 0.00778 e. The molecule has 0 radical (unpaired) electrons. The van der Waals surface area contributed by atoms with Gasteiger partial charge < -0.3 is 5.32 Å². The summed E-state index contributed by atoms with van der Waals surface area (Å²) in [5.74, 6) is 0. The molecule has 0 saturated heterocycles. The molecular formula is C20H31N. The highest BCUT2D eigenvalue weighted by molar-refractivity contribution is 5.33. The van der Waals surface area contributed by atoms with Crippen molar-refractivity contribution in [2.75, 3.05) is 6.54 Å². The molecule has 2 saturated carbocycles. The minimum atomic E-state index is 0.254. The SMILES string of the molecule is CC(C)(C)c1ccc(C2(CNC3CC3)CCCCC2)cc1. The first-order valence-electron chi connectivity index (χ1n) is 8.84.